The van der Waals surface area contributed by atoms with Crippen LogP contribution in [-0.2, 0) is 12.7 Å². The Kier molecular flexibility index (Phi) is 4.02. The van der Waals surface area contributed by atoms with Gasteiger partial charge in [-0.3, -0.25) is 0 Å². The molecule has 5 nitrogen and oxygen atoms in total. The zero-order chi connectivity index (χ0) is 19.0. The molecule has 4 rings (SSSR count). The molecule has 0 amide bonds. The SMILES string of the molecule is N=Cc1ccc2c(ccn2Cc2noc(-c3ccc(C(F)(F)F)cc3)n2)c1. The van der Waals surface area contributed by atoms with Crippen LogP contribution < -0.4 is 0 Å². The summed E-state index contributed by atoms with van der Waals surface area (Å²) in [5.41, 5.74) is 1.47. The molecule has 27 heavy (non-hydrogen) atoms. The summed E-state index contributed by atoms with van der Waals surface area (Å²) < 4.78 is 45.1. The van der Waals surface area contributed by atoms with Crippen molar-refractivity contribution in [3.05, 3.63) is 71.7 Å². The number of hydrogen-bond acceptors (Lipinski definition) is 4. The second kappa shape index (κ2) is 6.39. The molecule has 2 aromatic carbocycles. The lowest BCUT2D eigenvalue weighted by molar-refractivity contribution is -0.137. The summed E-state index contributed by atoms with van der Waals surface area (Å²) in [6, 6.07) is 12.2. The van der Waals surface area contributed by atoms with Crippen molar-refractivity contribution in [2.75, 3.05) is 0 Å². The number of benzene rings is 2. The Morgan fingerprint density at radius 3 is 2.56 bits per heavy atom. The molecule has 0 aliphatic carbocycles. The van der Waals surface area contributed by atoms with Gasteiger partial charge in [0.15, 0.2) is 5.82 Å². The van der Waals surface area contributed by atoms with Crippen LogP contribution >= 0.6 is 0 Å². The molecule has 0 radical (unpaired) electrons. The monoisotopic (exact) mass is 370 g/mol. The Balaban J connectivity index is 1.57. The van der Waals surface area contributed by atoms with Crippen molar-refractivity contribution in [2.24, 2.45) is 0 Å². The third-order valence-corrected chi connectivity index (χ3v) is 4.20. The fraction of sp³-hybridized carbons (Fsp3) is 0.105. The van der Waals surface area contributed by atoms with Gasteiger partial charge in [0, 0.05) is 28.9 Å². The Morgan fingerprint density at radius 2 is 1.85 bits per heavy atom. The van der Waals surface area contributed by atoms with Gasteiger partial charge in [-0.2, -0.15) is 18.2 Å². The van der Waals surface area contributed by atoms with Gasteiger partial charge in [0.2, 0.25) is 0 Å². The molecule has 0 fully saturated rings. The van der Waals surface area contributed by atoms with E-state index < -0.39 is 11.7 Å². The van der Waals surface area contributed by atoms with E-state index in [1.54, 1.807) is 0 Å². The Morgan fingerprint density at radius 1 is 1.07 bits per heavy atom. The highest BCUT2D eigenvalue weighted by atomic mass is 19.4. The molecule has 2 heterocycles. The highest BCUT2D eigenvalue weighted by Crippen LogP contribution is 2.30. The molecular formula is C19H13F3N4O. The van der Waals surface area contributed by atoms with Crippen molar-refractivity contribution in [2.45, 2.75) is 12.7 Å². The van der Waals surface area contributed by atoms with E-state index in [0.717, 1.165) is 28.6 Å². The van der Waals surface area contributed by atoms with Crippen LogP contribution in [0.2, 0.25) is 0 Å². The van der Waals surface area contributed by atoms with Crippen LogP contribution in [-0.4, -0.2) is 20.9 Å². The topological polar surface area (TPSA) is 67.7 Å². The molecule has 1 N–H and O–H groups in total. The summed E-state index contributed by atoms with van der Waals surface area (Å²) in [6.07, 6.45) is -1.22. The smallest absolute Gasteiger partial charge is 0.340 e. The van der Waals surface area contributed by atoms with E-state index in [2.05, 4.69) is 10.1 Å². The van der Waals surface area contributed by atoms with Gasteiger partial charge in [-0.25, -0.2) is 0 Å². The molecule has 0 bridgehead atoms. The van der Waals surface area contributed by atoms with Crippen molar-refractivity contribution in [1.29, 1.82) is 5.41 Å². The number of hydrogen-bond donors (Lipinski definition) is 1. The summed E-state index contributed by atoms with van der Waals surface area (Å²) >= 11 is 0. The average molecular weight is 370 g/mol. The predicted molar refractivity (Wildman–Crippen MR) is 93.7 cm³/mol. The van der Waals surface area contributed by atoms with E-state index in [4.69, 9.17) is 9.93 Å². The highest BCUT2D eigenvalue weighted by Gasteiger charge is 2.30. The molecule has 0 saturated heterocycles. The van der Waals surface area contributed by atoms with Gasteiger partial charge < -0.3 is 14.5 Å². The van der Waals surface area contributed by atoms with Crippen LogP contribution in [0.3, 0.4) is 0 Å². The van der Waals surface area contributed by atoms with Crippen LogP contribution in [0.15, 0.2) is 59.3 Å². The number of rotatable bonds is 4. The van der Waals surface area contributed by atoms with Crippen LogP contribution in [0, 0.1) is 5.41 Å². The molecule has 8 heteroatoms. The standard InChI is InChI=1S/C19H13F3N4O/c20-19(21,22)15-4-2-13(3-5-15)18-24-17(25-27-18)11-26-8-7-14-9-12(10-23)1-6-16(14)26/h1-10,23H,11H2. The van der Waals surface area contributed by atoms with Gasteiger partial charge in [-0.15, -0.1) is 0 Å². The molecule has 0 saturated carbocycles. The van der Waals surface area contributed by atoms with E-state index >= 15 is 0 Å². The van der Waals surface area contributed by atoms with Gasteiger partial charge in [-0.1, -0.05) is 11.2 Å². The van der Waals surface area contributed by atoms with E-state index in [0.29, 0.717) is 17.9 Å². The third kappa shape index (κ3) is 3.33. The third-order valence-electron chi connectivity index (χ3n) is 4.20. The van der Waals surface area contributed by atoms with E-state index in [1.165, 1.54) is 18.3 Å². The first-order valence-corrected chi connectivity index (χ1v) is 8.03. The van der Waals surface area contributed by atoms with Crippen molar-refractivity contribution < 1.29 is 17.7 Å². The Bertz CT molecular complexity index is 1110. The fourth-order valence-electron chi connectivity index (χ4n) is 2.84. The first kappa shape index (κ1) is 17.0. The molecule has 0 spiro atoms. The van der Waals surface area contributed by atoms with E-state index in [9.17, 15) is 13.2 Å². The van der Waals surface area contributed by atoms with Crippen LogP contribution in [0.1, 0.15) is 17.0 Å². The zero-order valence-electron chi connectivity index (χ0n) is 13.9. The van der Waals surface area contributed by atoms with Crippen molar-refractivity contribution in [3.63, 3.8) is 0 Å². The molecule has 0 aliphatic heterocycles. The maximum absolute atomic E-state index is 12.6. The molecule has 0 atom stereocenters. The lowest BCUT2D eigenvalue weighted by Gasteiger charge is -2.05. The number of halogens is 3. The number of fused-ring (bicyclic) bond motifs is 1. The molecule has 0 aliphatic rings. The minimum Gasteiger partial charge on any atom is -0.340 e. The highest BCUT2D eigenvalue weighted by molar-refractivity contribution is 5.88. The number of nitrogens with one attached hydrogen (secondary N) is 1. The second-order valence-corrected chi connectivity index (χ2v) is 6.00. The first-order valence-electron chi connectivity index (χ1n) is 8.03. The van der Waals surface area contributed by atoms with Crippen LogP contribution in [0.25, 0.3) is 22.4 Å². The number of aromatic nitrogens is 3. The van der Waals surface area contributed by atoms with Crippen molar-refractivity contribution in [1.82, 2.24) is 14.7 Å². The van der Waals surface area contributed by atoms with E-state index in [1.807, 2.05) is 35.0 Å². The lowest BCUT2D eigenvalue weighted by atomic mass is 10.1. The summed E-state index contributed by atoms with van der Waals surface area (Å²) in [5, 5.41) is 12.2. The maximum atomic E-state index is 12.6. The molecular weight excluding hydrogens is 357 g/mol. The normalized spacial score (nSPS) is 11.8. The largest absolute Gasteiger partial charge is 0.416 e. The molecule has 2 aromatic heterocycles. The summed E-state index contributed by atoms with van der Waals surface area (Å²) in [4.78, 5) is 4.27. The summed E-state index contributed by atoms with van der Waals surface area (Å²) in [5.74, 6) is 0.583. The maximum Gasteiger partial charge on any atom is 0.416 e. The minimum atomic E-state index is -4.38. The predicted octanol–water partition coefficient (Wildman–Crippen LogP) is 4.76. The fourth-order valence-corrected chi connectivity index (χ4v) is 2.84. The number of nitrogens with zero attached hydrogens (tertiary/aromatic N) is 3. The Hall–Kier alpha value is -3.42. The minimum absolute atomic E-state index is 0.168. The van der Waals surface area contributed by atoms with Gasteiger partial charge in [0.1, 0.15) is 0 Å². The Labute approximate surface area is 151 Å². The molecule has 0 unspecified atom stereocenters. The molecule has 4 aromatic rings. The number of alkyl halides is 3. The zero-order valence-corrected chi connectivity index (χ0v) is 13.9. The van der Waals surface area contributed by atoms with Crippen molar-refractivity contribution >= 4 is 17.1 Å². The summed E-state index contributed by atoms with van der Waals surface area (Å²) in [6.45, 7) is 0.359. The molecule has 136 valence electrons. The summed E-state index contributed by atoms with van der Waals surface area (Å²) in [7, 11) is 0. The van der Waals surface area contributed by atoms with Crippen molar-refractivity contribution in [3.8, 4) is 11.5 Å². The quantitative estimate of drug-likeness (QED) is 0.527. The van der Waals surface area contributed by atoms with E-state index in [-0.39, 0.29) is 5.89 Å². The van der Waals surface area contributed by atoms with Gasteiger partial charge >= 0.3 is 6.18 Å². The van der Waals surface area contributed by atoms with Gasteiger partial charge in [0.25, 0.3) is 5.89 Å². The second-order valence-electron chi connectivity index (χ2n) is 6.00. The first-order chi connectivity index (χ1) is 12.9. The lowest BCUT2D eigenvalue weighted by Crippen LogP contribution is -2.04. The average Bonchev–Trinajstić information content (AvgIpc) is 3.28. The van der Waals surface area contributed by atoms with Gasteiger partial charge in [0.05, 0.1) is 12.1 Å². The van der Waals surface area contributed by atoms with Crippen LogP contribution in [0.4, 0.5) is 13.2 Å². The van der Waals surface area contributed by atoms with Crippen LogP contribution in [0.5, 0.6) is 0 Å². The van der Waals surface area contributed by atoms with Gasteiger partial charge in [-0.05, 0) is 48.0 Å².